The van der Waals surface area contributed by atoms with Crippen molar-refractivity contribution in [1.29, 1.82) is 0 Å². The van der Waals surface area contributed by atoms with Crippen LogP contribution in [-0.4, -0.2) is 31.6 Å². The minimum atomic E-state index is -1.08. The molecular formula is C10H13NO4S. The predicted molar refractivity (Wildman–Crippen MR) is 62.7 cm³/mol. The molecule has 0 bridgehead atoms. The number of aromatic carboxylic acids is 1. The van der Waals surface area contributed by atoms with E-state index >= 15 is 0 Å². The van der Waals surface area contributed by atoms with Crippen molar-refractivity contribution in [3.63, 3.8) is 0 Å². The van der Waals surface area contributed by atoms with Crippen molar-refractivity contribution in [1.82, 2.24) is 0 Å². The van der Waals surface area contributed by atoms with Gasteiger partial charge in [-0.1, -0.05) is 0 Å². The summed E-state index contributed by atoms with van der Waals surface area (Å²) in [5.41, 5.74) is 6.03. The molecule has 6 heteroatoms. The van der Waals surface area contributed by atoms with Crippen molar-refractivity contribution in [2.24, 2.45) is 0 Å². The topological polar surface area (TPSA) is 81.8 Å². The van der Waals surface area contributed by atoms with Crippen molar-refractivity contribution in [2.75, 3.05) is 26.2 Å². The van der Waals surface area contributed by atoms with E-state index in [1.807, 2.05) is 0 Å². The Balaban J connectivity index is 3.56. The van der Waals surface area contributed by atoms with E-state index in [1.54, 1.807) is 6.26 Å². The number of nitrogen functional groups attached to an aromatic ring is 1. The zero-order valence-corrected chi connectivity index (χ0v) is 10.1. The molecule has 0 atom stereocenters. The summed E-state index contributed by atoms with van der Waals surface area (Å²) in [6.45, 7) is 0. The number of benzene rings is 1. The van der Waals surface area contributed by atoms with Crippen LogP contribution in [0.25, 0.3) is 0 Å². The number of ether oxygens (including phenoxy) is 2. The quantitative estimate of drug-likeness (QED) is 0.618. The highest BCUT2D eigenvalue weighted by Crippen LogP contribution is 2.43. The molecule has 88 valence electrons. The van der Waals surface area contributed by atoms with Crippen LogP contribution in [0.15, 0.2) is 11.0 Å². The molecule has 3 N–H and O–H groups in total. The van der Waals surface area contributed by atoms with Crippen LogP contribution in [0, 0.1) is 0 Å². The summed E-state index contributed by atoms with van der Waals surface area (Å²) >= 11 is 1.32. The average molecular weight is 243 g/mol. The largest absolute Gasteiger partial charge is 0.495 e. The Bertz CT molecular complexity index is 420. The van der Waals surface area contributed by atoms with Crippen LogP contribution in [-0.2, 0) is 0 Å². The molecule has 5 nitrogen and oxygen atoms in total. The molecule has 1 aromatic rings. The van der Waals surface area contributed by atoms with Gasteiger partial charge in [0.1, 0.15) is 5.56 Å². The molecule has 0 aliphatic rings. The van der Waals surface area contributed by atoms with Gasteiger partial charge in [-0.2, -0.15) is 0 Å². The Hall–Kier alpha value is -1.56. The van der Waals surface area contributed by atoms with Crippen molar-refractivity contribution in [3.8, 4) is 11.5 Å². The van der Waals surface area contributed by atoms with Gasteiger partial charge in [0.05, 0.1) is 24.8 Å². The third-order valence-electron chi connectivity index (χ3n) is 2.06. The molecule has 0 spiro atoms. The average Bonchev–Trinajstić information content (AvgIpc) is 2.27. The third-order valence-corrected chi connectivity index (χ3v) is 2.84. The standard InChI is InChI=1S/C10H13NO4S/c1-14-7-5(10(12)13)4-6(11)8(15-2)9(7)16-3/h4H,11H2,1-3H3,(H,12,13). The van der Waals surface area contributed by atoms with E-state index in [0.717, 1.165) is 0 Å². The van der Waals surface area contributed by atoms with Gasteiger partial charge in [-0.05, 0) is 12.3 Å². The summed E-state index contributed by atoms with van der Waals surface area (Å²) < 4.78 is 10.2. The number of thioether (sulfide) groups is 1. The Morgan fingerprint density at radius 3 is 2.31 bits per heavy atom. The van der Waals surface area contributed by atoms with Crippen LogP contribution in [0.4, 0.5) is 5.69 Å². The minimum Gasteiger partial charge on any atom is -0.495 e. The molecule has 0 amide bonds. The molecular weight excluding hydrogens is 230 g/mol. The molecule has 0 aromatic heterocycles. The Morgan fingerprint density at radius 1 is 1.38 bits per heavy atom. The van der Waals surface area contributed by atoms with E-state index in [1.165, 1.54) is 32.0 Å². The summed E-state index contributed by atoms with van der Waals surface area (Å²) in [5.74, 6) is -0.373. The molecule has 0 heterocycles. The number of carboxylic acid groups (broad SMARTS) is 1. The molecule has 0 aliphatic carbocycles. The second kappa shape index (κ2) is 4.98. The fourth-order valence-electron chi connectivity index (χ4n) is 1.40. The van der Waals surface area contributed by atoms with Gasteiger partial charge >= 0.3 is 5.97 Å². The molecule has 0 saturated carbocycles. The fraction of sp³-hybridized carbons (Fsp3) is 0.300. The predicted octanol–water partition coefficient (Wildman–Crippen LogP) is 1.71. The third kappa shape index (κ3) is 2.01. The Morgan fingerprint density at radius 2 is 1.94 bits per heavy atom. The number of nitrogens with two attached hydrogens (primary N) is 1. The maximum atomic E-state index is 11.0. The molecule has 0 fully saturated rings. The lowest BCUT2D eigenvalue weighted by Gasteiger charge is -2.15. The van der Waals surface area contributed by atoms with Gasteiger partial charge in [-0.25, -0.2) is 4.79 Å². The lowest BCUT2D eigenvalue weighted by atomic mass is 10.1. The number of carbonyl (C=O) groups is 1. The molecule has 0 aliphatic heterocycles. The van der Waals surface area contributed by atoms with E-state index in [0.29, 0.717) is 10.6 Å². The van der Waals surface area contributed by atoms with Crippen LogP contribution in [0.3, 0.4) is 0 Å². The Labute approximate surface area is 97.5 Å². The van der Waals surface area contributed by atoms with Crippen LogP contribution < -0.4 is 15.2 Å². The van der Waals surface area contributed by atoms with Gasteiger partial charge < -0.3 is 20.3 Å². The summed E-state index contributed by atoms with van der Waals surface area (Å²) in [5, 5.41) is 9.02. The first kappa shape index (κ1) is 12.5. The maximum absolute atomic E-state index is 11.0. The van der Waals surface area contributed by atoms with Crippen LogP contribution >= 0.6 is 11.8 Å². The van der Waals surface area contributed by atoms with Gasteiger partial charge in [-0.3, -0.25) is 0 Å². The number of carboxylic acids is 1. The van der Waals surface area contributed by atoms with E-state index < -0.39 is 5.97 Å². The second-order valence-corrected chi connectivity index (χ2v) is 3.73. The van der Waals surface area contributed by atoms with Crippen LogP contribution in [0.2, 0.25) is 0 Å². The SMILES string of the molecule is COc1c(N)cc(C(=O)O)c(OC)c1SC. The van der Waals surface area contributed by atoms with Gasteiger partial charge in [0.15, 0.2) is 11.5 Å². The molecule has 1 aromatic carbocycles. The summed E-state index contributed by atoms with van der Waals surface area (Å²) in [6, 6.07) is 1.33. The first-order valence-corrected chi connectivity index (χ1v) is 5.61. The summed E-state index contributed by atoms with van der Waals surface area (Å²) in [6.07, 6.45) is 1.80. The van der Waals surface area contributed by atoms with E-state index in [9.17, 15) is 4.79 Å². The van der Waals surface area contributed by atoms with E-state index in [2.05, 4.69) is 0 Å². The Kier molecular flexibility index (Phi) is 3.89. The first-order valence-electron chi connectivity index (χ1n) is 4.38. The zero-order chi connectivity index (χ0) is 12.3. The first-order chi connectivity index (χ1) is 7.56. The highest BCUT2D eigenvalue weighted by Gasteiger charge is 2.21. The number of methoxy groups -OCH3 is 2. The molecule has 0 saturated heterocycles. The molecule has 0 unspecified atom stereocenters. The van der Waals surface area contributed by atoms with Gasteiger partial charge in [0.2, 0.25) is 0 Å². The minimum absolute atomic E-state index is 0.0325. The summed E-state index contributed by atoms with van der Waals surface area (Å²) in [7, 11) is 2.89. The van der Waals surface area contributed by atoms with Crippen LogP contribution in [0.1, 0.15) is 10.4 Å². The van der Waals surface area contributed by atoms with Gasteiger partial charge in [-0.15, -0.1) is 11.8 Å². The van der Waals surface area contributed by atoms with Gasteiger partial charge in [0.25, 0.3) is 0 Å². The summed E-state index contributed by atoms with van der Waals surface area (Å²) in [4.78, 5) is 11.6. The monoisotopic (exact) mass is 243 g/mol. The lowest BCUT2D eigenvalue weighted by molar-refractivity contribution is 0.0692. The number of rotatable bonds is 4. The number of hydrogen-bond donors (Lipinski definition) is 2. The number of anilines is 1. The smallest absolute Gasteiger partial charge is 0.339 e. The van der Waals surface area contributed by atoms with Crippen molar-refractivity contribution in [3.05, 3.63) is 11.6 Å². The molecule has 0 radical (unpaired) electrons. The zero-order valence-electron chi connectivity index (χ0n) is 9.23. The molecule has 16 heavy (non-hydrogen) atoms. The van der Waals surface area contributed by atoms with Gasteiger partial charge in [0, 0.05) is 0 Å². The number of hydrogen-bond acceptors (Lipinski definition) is 5. The van der Waals surface area contributed by atoms with Crippen molar-refractivity contribution >= 4 is 23.4 Å². The second-order valence-electron chi connectivity index (χ2n) is 2.92. The normalized spacial score (nSPS) is 9.94. The highest BCUT2D eigenvalue weighted by atomic mass is 32.2. The maximum Gasteiger partial charge on any atom is 0.339 e. The van der Waals surface area contributed by atoms with Crippen LogP contribution in [0.5, 0.6) is 11.5 Å². The molecule has 1 rings (SSSR count). The van der Waals surface area contributed by atoms with Crippen molar-refractivity contribution in [2.45, 2.75) is 4.90 Å². The van der Waals surface area contributed by atoms with Crippen molar-refractivity contribution < 1.29 is 19.4 Å². The lowest BCUT2D eigenvalue weighted by Crippen LogP contribution is -2.05. The highest BCUT2D eigenvalue weighted by molar-refractivity contribution is 7.98. The van der Waals surface area contributed by atoms with E-state index in [4.69, 9.17) is 20.3 Å². The van der Waals surface area contributed by atoms with E-state index in [-0.39, 0.29) is 17.0 Å². The fourth-order valence-corrected chi connectivity index (χ4v) is 2.17.